The Morgan fingerprint density at radius 1 is 0.688 bits per heavy atom. The van der Waals surface area contributed by atoms with Crippen molar-refractivity contribution in [1.29, 1.82) is 0 Å². The minimum Gasteiger partial charge on any atom is -0.353 e. The first-order valence-corrected chi connectivity index (χ1v) is 24.4. The fourth-order valence-electron chi connectivity index (χ4n) is 10.4. The van der Waals surface area contributed by atoms with Gasteiger partial charge in [-0.15, -0.1) is 11.3 Å². The van der Waals surface area contributed by atoms with Crippen LogP contribution in [0.2, 0.25) is 0 Å². The zero-order chi connectivity index (χ0) is 45.8. The van der Waals surface area contributed by atoms with Crippen molar-refractivity contribution >= 4 is 66.9 Å². The minimum absolute atomic E-state index is 0.136. The van der Waals surface area contributed by atoms with Gasteiger partial charge in [-0.25, -0.2) is 0 Å². The molecule has 1 N–H and O–H groups in total. The minimum atomic E-state index is 0.136. The van der Waals surface area contributed by atoms with E-state index in [-0.39, 0.29) is 21.7 Å². The van der Waals surface area contributed by atoms with Gasteiger partial charge < -0.3 is 5.32 Å². The molecule has 2 aliphatic carbocycles. The molecule has 0 saturated carbocycles. The number of allylic oxidation sites excluding steroid dienone is 6. The van der Waals surface area contributed by atoms with Crippen LogP contribution in [0.15, 0.2) is 119 Å². The second-order valence-electron chi connectivity index (χ2n) is 21.6. The first-order valence-electron chi connectivity index (χ1n) is 23.6. The highest BCUT2D eigenvalue weighted by Gasteiger charge is 2.39. The van der Waals surface area contributed by atoms with Gasteiger partial charge in [0.15, 0.2) is 0 Å². The molecule has 0 amide bonds. The summed E-state index contributed by atoms with van der Waals surface area (Å²) in [7, 11) is 0. The smallest absolute Gasteiger partial charge is 0.0964 e. The Hall–Kier alpha value is -5.25. The second kappa shape index (κ2) is 17.3. The van der Waals surface area contributed by atoms with E-state index in [4.69, 9.17) is 4.99 Å². The Bertz CT molecular complexity index is 3040. The van der Waals surface area contributed by atoms with Crippen LogP contribution in [0.1, 0.15) is 146 Å². The van der Waals surface area contributed by atoms with Gasteiger partial charge in [-0.05, 0) is 195 Å². The molecule has 1 heterocycles. The molecule has 2 aliphatic rings. The first kappa shape index (κ1) is 45.3. The number of nitrogens with one attached hydrogen (secondary N) is 1. The third-order valence-electron chi connectivity index (χ3n) is 14.9. The van der Waals surface area contributed by atoms with Crippen LogP contribution in [0.4, 0.5) is 10.7 Å². The molecule has 0 fully saturated rings. The number of anilines is 1. The molecule has 0 bridgehead atoms. The van der Waals surface area contributed by atoms with Crippen molar-refractivity contribution in [3.8, 4) is 0 Å². The van der Waals surface area contributed by atoms with Gasteiger partial charge in [0.2, 0.25) is 0 Å². The number of benzene rings is 5. The number of nitrogens with zero attached hydrogens (tertiary/aromatic N) is 1. The average molecular weight is 863 g/mol. The standard InChI is InChI=1S/C61H70N2S/c1-14-19-39(2)26-31-62-54-25-24-43-20-17-18-23-47(43)56(54)48(41(4)32-46-35-51-50(33-40(46)3)58(6,7)27-28-59(51,8)9)34-44-21-15-16-22-45(44)38-63-57-42(5)49-36-52-53(37-55(49)64-57)61(12,13)30-29-60(52,10)11/h14-26,31,33-38,63H,27-30,32H2,1-13H3/b19-14-,39-26-,44-34-,45-38+,48-41+,62-31+. The van der Waals surface area contributed by atoms with Crippen LogP contribution in [-0.2, 0) is 28.1 Å². The molecule has 8 rings (SSSR count). The topological polar surface area (TPSA) is 24.4 Å². The van der Waals surface area contributed by atoms with Crippen molar-refractivity contribution in [3.63, 3.8) is 0 Å². The van der Waals surface area contributed by atoms with Gasteiger partial charge in [-0.2, -0.15) is 0 Å². The zero-order valence-electron chi connectivity index (χ0n) is 40.9. The Kier molecular flexibility index (Phi) is 12.2. The number of aliphatic imine (C=N–C) groups is 1. The van der Waals surface area contributed by atoms with E-state index < -0.39 is 0 Å². The van der Waals surface area contributed by atoms with Gasteiger partial charge in [-0.1, -0.05) is 140 Å². The Labute approximate surface area is 388 Å². The maximum absolute atomic E-state index is 5.21. The summed E-state index contributed by atoms with van der Waals surface area (Å²) in [5.74, 6) is 0. The van der Waals surface area contributed by atoms with Crippen molar-refractivity contribution in [3.05, 3.63) is 169 Å². The maximum atomic E-state index is 5.21. The molecular formula is C61H70N2S. The number of rotatable bonds is 9. The molecule has 64 heavy (non-hydrogen) atoms. The van der Waals surface area contributed by atoms with Gasteiger partial charge in [0.1, 0.15) is 0 Å². The van der Waals surface area contributed by atoms with Crippen LogP contribution in [0.5, 0.6) is 0 Å². The van der Waals surface area contributed by atoms with Crippen molar-refractivity contribution < 1.29 is 0 Å². The number of aryl methyl sites for hydroxylation is 2. The Morgan fingerprint density at radius 2 is 1.28 bits per heavy atom. The highest BCUT2D eigenvalue weighted by molar-refractivity contribution is 7.23. The fraction of sp³-hybridized carbons (Fsp3) is 0.361. The van der Waals surface area contributed by atoms with E-state index in [1.54, 1.807) is 0 Å². The van der Waals surface area contributed by atoms with Crippen molar-refractivity contribution in [2.75, 3.05) is 5.32 Å². The van der Waals surface area contributed by atoms with Crippen molar-refractivity contribution in [2.24, 2.45) is 4.99 Å². The molecule has 3 heteroatoms. The molecule has 0 atom stereocenters. The van der Waals surface area contributed by atoms with Crippen molar-refractivity contribution in [2.45, 2.75) is 144 Å². The summed E-state index contributed by atoms with van der Waals surface area (Å²) in [4.78, 5) is 5.21. The second-order valence-corrected chi connectivity index (χ2v) is 22.7. The molecule has 330 valence electrons. The lowest BCUT2D eigenvalue weighted by Crippen LogP contribution is -2.34. The summed E-state index contributed by atoms with van der Waals surface area (Å²) in [6, 6.07) is 32.1. The number of hydrogen-bond donors (Lipinski definition) is 1. The van der Waals surface area contributed by atoms with Gasteiger partial charge in [-0.3, -0.25) is 4.99 Å². The van der Waals surface area contributed by atoms with Crippen LogP contribution in [0.25, 0.3) is 38.7 Å². The summed E-state index contributed by atoms with van der Waals surface area (Å²) < 4.78 is 1.36. The summed E-state index contributed by atoms with van der Waals surface area (Å²) >= 11 is 1.88. The molecule has 0 radical (unpaired) electrons. The van der Waals surface area contributed by atoms with Gasteiger partial charge >= 0.3 is 0 Å². The van der Waals surface area contributed by atoms with Crippen LogP contribution < -0.4 is 15.8 Å². The normalized spacial score (nSPS) is 18.8. The molecule has 0 aliphatic heterocycles. The Morgan fingerprint density at radius 3 is 1.95 bits per heavy atom. The quantitative estimate of drug-likeness (QED) is 0.114. The largest absolute Gasteiger partial charge is 0.353 e. The van der Waals surface area contributed by atoms with E-state index in [0.29, 0.717) is 0 Å². The van der Waals surface area contributed by atoms with Gasteiger partial charge in [0.25, 0.3) is 0 Å². The van der Waals surface area contributed by atoms with E-state index >= 15 is 0 Å². The fourth-order valence-corrected chi connectivity index (χ4v) is 11.5. The van der Waals surface area contributed by atoms with Crippen LogP contribution in [-0.4, -0.2) is 6.21 Å². The lowest BCUT2D eigenvalue weighted by molar-refractivity contribution is 0.331. The highest BCUT2D eigenvalue weighted by Crippen LogP contribution is 2.50. The number of thiophene rings is 1. The lowest BCUT2D eigenvalue weighted by atomic mass is 9.62. The molecule has 1 aromatic heterocycles. The van der Waals surface area contributed by atoms with Crippen LogP contribution in [0.3, 0.4) is 0 Å². The Balaban J connectivity index is 1.31. The molecule has 0 unspecified atom stereocenters. The zero-order valence-corrected chi connectivity index (χ0v) is 41.8. The first-order chi connectivity index (χ1) is 30.3. The summed E-state index contributed by atoms with van der Waals surface area (Å²) in [6.07, 6.45) is 18.6. The van der Waals surface area contributed by atoms with Crippen LogP contribution >= 0.6 is 11.3 Å². The van der Waals surface area contributed by atoms with Gasteiger partial charge in [0, 0.05) is 22.7 Å². The molecule has 2 nitrogen and oxygen atoms in total. The van der Waals surface area contributed by atoms with E-state index in [0.717, 1.165) is 17.3 Å². The molecule has 0 saturated heterocycles. The van der Waals surface area contributed by atoms with Gasteiger partial charge in [0.05, 0.1) is 10.7 Å². The highest BCUT2D eigenvalue weighted by atomic mass is 32.1. The number of fused-ring (bicyclic) bond motifs is 4. The summed E-state index contributed by atoms with van der Waals surface area (Å²) in [6.45, 7) is 30.5. The number of hydrogen-bond acceptors (Lipinski definition) is 3. The summed E-state index contributed by atoms with van der Waals surface area (Å²) in [5.41, 5.74) is 16.6. The van der Waals surface area contributed by atoms with E-state index in [2.05, 4.69) is 211 Å². The maximum Gasteiger partial charge on any atom is 0.0964 e. The molecule has 5 aromatic carbocycles. The monoisotopic (exact) mass is 863 g/mol. The third-order valence-corrected chi connectivity index (χ3v) is 16.1. The third kappa shape index (κ3) is 8.78. The summed E-state index contributed by atoms with van der Waals surface area (Å²) in [5, 5.41) is 11.1. The lowest BCUT2D eigenvalue weighted by Gasteiger charge is -2.42. The predicted octanol–water partition coefficient (Wildman–Crippen LogP) is 15.9. The molecular weight excluding hydrogens is 793 g/mol. The molecule has 0 spiro atoms. The average Bonchev–Trinajstić information content (AvgIpc) is 3.57. The van der Waals surface area contributed by atoms with Crippen LogP contribution in [0, 0.1) is 13.8 Å². The molecule has 6 aromatic rings. The van der Waals surface area contributed by atoms with E-state index in [9.17, 15) is 0 Å². The van der Waals surface area contributed by atoms with Crippen molar-refractivity contribution in [1.82, 2.24) is 0 Å². The van der Waals surface area contributed by atoms with E-state index in [1.165, 1.54) is 118 Å². The van der Waals surface area contributed by atoms with E-state index in [1.807, 2.05) is 17.6 Å². The predicted molar refractivity (Wildman–Crippen MR) is 284 cm³/mol. The SMILES string of the molecule is C\C=C/C(C)=C\C=N\c1ccc2ccccc2c1C(/C=c1/cccc/c1=C\Nc1sc2cc3c(cc2c1C)C(C)(C)CCC3(C)C)=C(\C)Cc1cc2c(cc1C)C(C)(C)CCC2(C)C.